The van der Waals surface area contributed by atoms with E-state index in [0.29, 0.717) is 36.9 Å². The first-order valence-electron chi connectivity index (χ1n) is 10.7. The topological polar surface area (TPSA) is 34.0 Å². The first kappa shape index (κ1) is 19.7. The summed E-state index contributed by atoms with van der Waals surface area (Å²) in [5.41, 5.74) is 2.89. The predicted octanol–water partition coefficient (Wildman–Crippen LogP) is 5.46. The predicted molar refractivity (Wildman–Crippen MR) is 115 cm³/mol. The quantitative estimate of drug-likeness (QED) is 0.594. The van der Waals surface area contributed by atoms with Gasteiger partial charge in [-0.3, -0.25) is 4.79 Å². The van der Waals surface area contributed by atoms with Gasteiger partial charge in [0.15, 0.2) is 0 Å². The van der Waals surface area contributed by atoms with E-state index in [0.717, 1.165) is 22.9 Å². The molecule has 1 saturated carbocycles. The molecule has 0 unspecified atom stereocenters. The Morgan fingerprint density at radius 1 is 1.07 bits per heavy atom. The van der Waals surface area contributed by atoms with Gasteiger partial charge >= 0.3 is 0 Å². The molecular weight excluding hydrogens is 363 g/mol. The zero-order valence-corrected chi connectivity index (χ0v) is 17.0. The highest BCUT2D eigenvalue weighted by atomic mass is 19.1. The molecule has 1 aliphatic carbocycles. The van der Waals surface area contributed by atoms with Gasteiger partial charge in [0.1, 0.15) is 5.82 Å². The Balaban J connectivity index is 1.48. The smallest absolute Gasteiger partial charge is 0.220 e. The van der Waals surface area contributed by atoms with Crippen LogP contribution in [0, 0.1) is 11.7 Å². The number of nitrogens with one attached hydrogen (secondary N) is 1. The Morgan fingerprint density at radius 2 is 1.83 bits per heavy atom. The van der Waals surface area contributed by atoms with Gasteiger partial charge in [0.25, 0.3) is 0 Å². The number of nitrogens with zero attached hydrogens (tertiary/aromatic N) is 1. The minimum absolute atomic E-state index is 0.134. The van der Waals surface area contributed by atoms with Gasteiger partial charge in [-0.05, 0) is 42.9 Å². The van der Waals surface area contributed by atoms with Crippen molar-refractivity contribution in [2.24, 2.45) is 5.92 Å². The number of aryl methyl sites for hydroxylation is 1. The highest BCUT2D eigenvalue weighted by molar-refractivity contribution is 5.85. The fourth-order valence-electron chi connectivity index (χ4n) is 4.52. The molecule has 4 heteroatoms. The first-order valence-corrected chi connectivity index (χ1v) is 10.7. The second-order valence-electron chi connectivity index (χ2n) is 8.33. The van der Waals surface area contributed by atoms with Crippen molar-refractivity contribution < 1.29 is 9.18 Å². The number of carbonyl (C=O) groups excluding carboxylic acids is 1. The highest BCUT2D eigenvalue weighted by Gasteiger charge is 2.22. The lowest BCUT2D eigenvalue weighted by atomic mass is 9.86. The lowest BCUT2D eigenvalue weighted by Crippen LogP contribution is -2.41. The Hall–Kier alpha value is -2.62. The molecule has 1 aliphatic rings. The number of hydrogen-bond donors (Lipinski definition) is 1. The second-order valence-corrected chi connectivity index (χ2v) is 8.33. The van der Waals surface area contributed by atoms with Crippen molar-refractivity contribution in [3.63, 3.8) is 0 Å². The number of carbonyl (C=O) groups is 1. The molecule has 1 N–H and O–H groups in total. The van der Waals surface area contributed by atoms with E-state index in [2.05, 4.69) is 35.1 Å². The average Bonchev–Trinajstić information content (AvgIpc) is 3.08. The van der Waals surface area contributed by atoms with Crippen LogP contribution < -0.4 is 5.32 Å². The van der Waals surface area contributed by atoms with E-state index in [-0.39, 0.29) is 11.7 Å². The molecule has 0 aliphatic heterocycles. The molecule has 3 nitrogen and oxygen atoms in total. The second kappa shape index (κ2) is 8.81. The summed E-state index contributed by atoms with van der Waals surface area (Å²) in [5, 5.41) is 4.39. The van der Waals surface area contributed by atoms with Gasteiger partial charge in [0.05, 0.1) is 6.54 Å². The van der Waals surface area contributed by atoms with Crippen LogP contribution >= 0.6 is 0 Å². The molecule has 0 bridgehead atoms. The molecule has 3 aromatic rings. The lowest BCUT2D eigenvalue weighted by Gasteiger charge is -2.29. The number of para-hydroxylation sites is 1. The number of rotatable bonds is 6. The molecule has 1 aromatic heterocycles. The number of hydrogen-bond acceptors (Lipinski definition) is 1. The normalized spacial score (nSPS) is 19.4. The standard InChI is InChI=1S/C25H29FN2O/c1-18-8-2-6-12-23(18)27-25(29)15-14-19-16-28(24-13-7-4-10-21(19)24)17-20-9-3-5-11-22(20)26/h3-5,7,9-11,13,16,18,23H,2,6,8,12,14-15,17H2,1H3,(H,27,29)/t18-,23-/m1/s1. The van der Waals surface area contributed by atoms with Gasteiger partial charge in [-0.2, -0.15) is 0 Å². The van der Waals surface area contributed by atoms with Crippen LogP contribution in [-0.2, 0) is 17.8 Å². The molecule has 0 spiro atoms. The molecule has 1 fully saturated rings. The summed E-state index contributed by atoms with van der Waals surface area (Å²) in [6.07, 6.45) is 8.03. The van der Waals surface area contributed by atoms with E-state index >= 15 is 0 Å². The van der Waals surface area contributed by atoms with Crippen LogP contribution in [-0.4, -0.2) is 16.5 Å². The summed E-state index contributed by atoms with van der Waals surface area (Å²) in [4.78, 5) is 12.5. The number of benzene rings is 2. The van der Waals surface area contributed by atoms with Crippen LogP contribution in [0.3, 0.4) is 0 Å². The fourth-order valence-corrected chi connectivity index (χ4v) is 4.52. The van der Waals surface area contributed by atoms with E-state index < -0.39 is 0 Å². The van der Waals surface area contributed by atoms with Crippen molar-refractivity contribution in [3.05, 3.63) is 71.7 Å². The summed E-state index contributed by atoms with van der Waals surface area (Å²) in [6.45, 7) is 2.72. The van der Waals surface area contributed by atoms with Crippen LogP contribution in [0.15, 0.2) is 54.7 Å². The lowest BCUT2D eigenvalue weighted by molar-refractivity contribution is -0.122. The first-order chi connectivity index (χ1) is 14.1. The monoisotopic (exact) mass is 392 g/mol. The Labute approximate surface area is 171 Å². The van der Waals surface area contributed by atoms with Crippen molar-refractivity contribution >= 4 is 16.8 Å². The van der Waals surface area contributed by atoms with E-state index in [1.54, 1.807) is 6.07 Å². The van der Waals surface area contributed by atoms with Crippen LogP contribution in [0.25, 0.3) is 10.9 Å². The van der Waals surface area contributed by atoms with Crippen LogP contribution in [0.4, 0.5) is 4.39 Å². The molecule has 152 valence electrons. The van der Waals surface area contributed by atoms with Crippen molar-refractivity contribution in [1.82, 2.24) is 9.88 Å². The SMILES string of the molecule is C[C@@H]1CCCC[C@H]1NC(=O)CCc1cn(Cc2ccccc2F)c2ccccc12. The van der Waals surface area contributed by atoms with Crippen molar-refractivity contribution in [3.8, 4) is 0 Å². The van der Waals surface area contributed by atoms with E-state index in [4.69, 9.17) is 0 Å². The third-order valence-corrected chi connectivity index (χ3v) is 6.25. The summed E-state index contributed by atoms with van der Waals surface area (Å²) in [7, 11) is 0. The Bertz CT molecular complexity index is 993. The maximum Gasteiger partial charge on any atom is 0.220 e. The zero-order valence-electron chi connectivity index (χ0n) is 17.0. The van der Waals surface area contributed by atoms with Crippen LogP contribution in [0.5, 0.6) is 0 Å². The van der Waals surface area contributed by atoms with Crippen molar-refractivity contribution in [1.29, 1.82) is 0 Å². The number of fused-ring (bicyclic) bond motifs is 1. The third kappa shape index (κ3) is 4.52. The molecule has 1 heterocycles. The van der Waals surface area contributed by atoms with Gasteiger partial charge in [-0.1, -0.05) is 56.2 Å². The zero-order chi connectivity index (χ0) is 20.2. The van der Waals surface area contributed by atoms with Crippen LogP contribution in [0.1, 0.15) is 50.2 Å². The fraction of sp³-hybridized carbons (Fsp3) is 0.400. The minimum Gasteiger partial charge on any atom is -0.353 e. The van der Waals surface area contributed by atoms with Gasteiger partial charge in [-0.25, -0.2) is 4.39 Å². The number of halogens is 1. The van der Waals surface area contributed by atoms with Gasteiger partial charge in [0.2, 0.25) is 5.91 Å². The molecule has 1 amide bonds. The van der Waals surface area contributed by atoms with Gasteiger partial charge < -0.3 is 9.88 Å². The molecular formula is C25H29FN2O. The largest absolute Gasteiger partial charge is 0.353 e. The van der Waals surface area contributed by atoms with E-state index in [9.17, 15) is 9.18 Å². The molecule has 4 rings (SSSR count). The highest BCUT2D eigenvalue weighted by Crippen LogP contribution is 2.25. The number of amides is 1. The summed E-state index contributed by atoms with van der Waals surface area (Å²) < 4.78 is 16.2. The summed E-state index contributed by atoms with van der Waals surface area (Å²) in [5.74, 6) is 0.512. The summed E-state index contributed by atoms with van der Waals surface area (Å²) in [6, 6.07) is 15.4. The molecule has 0 radical (unpaired) electrons. The van der Waals surface area contributed by atoms with Gasteiger partial charge in [0, 0.05) is 35.1 Å². The average molecular weight is 393 g/mol. The summed E-state index contributed by atoms with van der Waals surface area (Å²) >= 11 is 0. The van der Waals surface area contributed by atoms with Crippen LogP contribution in [0.2, 0.25) is 0 Å². The number of aromatic nitrogens is 1. The van der Waals surface area contributed by atoms with Crippen molar-refractivity contribution in [2.45, 2.75) is 58.0 Å². The molecule has 2 atom stereocenters. The molecule has 0 saturated heterocycles. The maximum atomic E-state index is 14.1. The van der Waals surface area contributed by atoms with Crippen molar-refractivity contribution in [2.75, 3.05) is 0 Å². The maximum absolute atomic E-state index is 14.1. The Morgan fingerprint density at radius 3 is 2.66 bits per heavy atom. The minimum atomic E-state index is -0.187. The van der Waals surface area contributed by atoms with Gasteiger partial charge in [-0.15, -0.1) is 0 Å². The third-order valence-electron chi connectivity index (χ3n) is 6.25. The molecule has 29 heavy (non-hydrogen) atoms. The Kier molecular flexibility index (Phi) is 5.98. The van der Waals surface area contributed by atoms with E-state index in [1.807, 2.05) is 24.3 Å². The van der Waals surface area contributed by atoms with E-state index in [1.165, 1.54) is 25.3 Å². The molecule has 2 aromatic carbocycles.